The molecule has 0 spiro atoms. The minimum atomic E-state index is -0.911. The number of nitrogens with one attached hydrogen (secondary N) is 1. The summed E-state index contributed by atoms with van der Waals surface area (Å²) in [6.07, 6.45) is 0.999. The van der Waals surface area contributed by atoms with Crippen LogP contribution >= 0.6 is 0 Å². The highest BCUT2D eigenvalue weighted by Crippen LogP contribution is 2.24. The molecule has 1 aromatic rings. The molecular formula is C25H39N3O5. The Hall–Kier alpha value is -2.61. The molecule has 1 fully saturated rings. The summed E-state index contributed by atoms with van der Waals surface area (Å²) < 4.78 is 5.37. The third-order valence-corrected chi connectivity index (χ3v) is 5.47. The lowest BCUT2D eigenvalue weighted by molar-refractivity contribution is -0.0389. The van der Waals surface area contributed by atoms with Crippen LogP contribution in [0.1, 0.15) is 80.2 Å². The van der Waals surface area contributed by atoms with Crippen LogP contribution in [0.4, 0.5) is 4.79 Å². The molecule has 3 amide bonds. The van der Waals surface area contributed by atoms with Gasteiger partial charge in [-0.3, -0.25) is 9.59 Å². The Morgan fingerprint density at radius 1 is 1.15 bits per heavy atom. The van der Waals surface area contributed by atoms with Crippen molar-refractivity contribution in [3.8, 4) is 0 Å². The van der Waals surface area contributed by atoms with Gasteiger partial charge in [0.05, 0.1) is 12.1 Å². The van der Waals surface area contributed by atoms with E-state index in [1.807, 2.05) is 25.7 Å². The molecule has 0 saturated carbocycles. The van der Waals surface area contributed by atoms with Crippen LogP contribution < -0.4 is 5.32 Å². The number of benzene rings is 1. The van der Waals surface area contributed by atoms with E-state index in [1.165, 1.54) is 4.90 Å². The summed E-state index contributed by atoms with van der Waals surface area (Å²) >= 11 is 0. The number of hydrogen-bond acceptors (Lipinski definition) is 5. The fourth-order valence-corrected chi connectivity index (χ4v) is 3.86. The van der Waals surface area contributed by atoms with Gasteiger partial charge in [-0.2, -0.15) is 0 Å². The molecule has 8 nitrogen and oxygen atoms in total. The van der Waals surface area contributed by atoms with E-state index in [9.17, 15) is 19.5 Å². The summed E-state index contributed by atoms with van der Waals surface area (Å²) in [5.74, 6) is -0.452. The predicted molar refractivity (Wildman–Crippen MR) is 127 cm³/mol. The smallest absolute Gasteiger partial charge is 0.410 e. The van der Waals surface area contributed by atoms with Crippen LogP contribution in [-0.4, -0.2) is 76.7 Å². The Labute approximate surface area is 197 Å². The van der Waals surface area contributed by atoms with Crippen molar-refractivity contribution in [2.24, 2.45) is 0 Å². The maximum atomic E-state index is 13.0. The first-order valence-electron chi connectivity index (χ1n) is 11.8. The van der Waals surface area contributed by atoms with Crippen molar-refractivity contribution in [1.29, 1.82) is 0 Å². The normalized spacial score (nSPS) is 16.6. The number of aliphatic hydroxyl groups is 1. The summed E-state index contributed by atoms with van der Waals surface area (Å²) in [6.45, 7) is 13.1. The average Bonchev–Trinajstić information content (AvgIpc) is 2.68. The molecule has 8 heteroatoms. The highest BCUT2D eigenvalue weighted by atomic mass is 16.6. The summed E-state index contributed by atoms with van der Waals surface area (Å²) in [7, 11) is 0. The van der Waals surface area contributed by atoms with E-state index >= 15 is 0 Å². The van der Waals surface area contributed by atoms with Crippen molar-refractivity contribution in [1.82, 2.24) is 15.1 Å². The van der Waals surface area contributed by atoms with Crippen LogP contribution in [-0.2, 0) is 4.74 Å². The van der Waals surface area contributed by atoms with Gasteiger partial charge >= 0.3 is 6.09 Å². The lowest BCUT2D eigenvalue weighted by Crippen LogP contribution is -2.59. The van der Waals surface area contributed by atoms with Gasteiger partial charge < -0.3 is 25.0 Å². The van der Waals surface area contributed by atoms with E-state index in [0.29, 0.717) is 37.2 Å². The topological polar surface area (TPSA) is 99.2 Å². The van der Waals surface area contributed by atoms with E-state index in [1.54, 1.807) is 39.0 Å². The molecule has 1 aromatic carbocycles. The fraction of sp³-hybridized carbons (Fsp3) is 0.640. The second kappa shape index (κ2) is 11.5. The third-order valence-electron chi connectivity index (χ3n) is 5.47. The van der Waals surface area contributed by atoms with E-state index in [4.69, 9.17) is 4.74 Å². The average molecular weight is 462 g/mol. The molecule has 0 radical (unpaired) electrons. The minimum absolute atomic E-state index is 0.00217. The number of amides is 3. The van der Waals surface area contributed by atoms with Crippen LogP contribution in [0, 0.1) is 6.92 Å². The standard InChI is InChI=1S/C25H39N3O5/c1-7-10-27(11-8-2)23(31)19-14-17(3)13-18(15-19)22(30)26-16-21(29)20-9-12-28(20)24(32)33-25(4,5)6/h13-15,20-21,29H,7-12,16H2,1-6H3,(H,26,30)/t20-,21+/m1/s1. The molecular weight excluding hydrogens is 422 g/mol. The van der Waals surface area contributed by atoms with Crippen molar-refractivity contribution in [2.45, 2.75) is 78.6 Å². The van der Waals surface area contributed by atoms with E-state index in [-0.39, 0.29) is 18.4 Å². The minimum Gasteiger partial charge on any atom is -0.444 e. The second-order valence-corrected chi connectivity index (χ2v) is 9.69. The van der Waals surface area contributed by atoms with Crippen LogP contribution in [0.15, 0.2) is 18.2 Å². The Kier molecular flexibility index (Phi) is 9.28. The molecule has 33 heavy (non-hydrogen) atoms. The molecule has 0 bridgehead atoms. The first kappa shape index (κ1) is 26.6. The van der Waals surface area contributed by atoms with Crippen molar-refractivity contribution in [3.63, 3.8) is 0 Å². The van der Waals surface area contributed by atoms with Gasteiger partial charge in [0, 0.05) is 37.3 Å². The molecule has 184 valence electrons. The van der Waals surface area contributed by atoms with Crippen molar-refractivity contribution < 1.29 is 24.2 Å². The van der Waals surface area contributed by atoms with E-state index < -0.39 is 23.8 Å². The summed E-state index contributed by atoms with van der Waals surface area (Å²) in [5.41, 5.74) is 1.06. The van der Waals surface area contributed by atoms with Crippen molar-refractivity contribution >= 4 is 17.9 Å². The van der Waals surface area contributed by atoms with Crippen molar-refractivity contribution in [3.05, 3.63) is 34.9 Å². The zero-order valence-electron chi connectivity index (χ0n) is 20.8. The summed E-state index contributed by atoms with van der Waals surface area (Å²) in [6, 6.07) is 4.72. The molecule has 1 saturated heterocycles. The van der Waals surface area contributed by atoms with Gasteiger partial charge in [0.25, 0.3) is 11.8 Å². The molecule has 1 aliphatic heterocycles. The Bertz CT molecular complexity index is 843. The number of ether oxygens (including phenoxy) is 1. The number of hydrogen-bond donors (Lipinski definition) is 2. The lowest BCUT2D eigenvalue weighted by atomic mass is 9.97. The first-order valence-corrected chi connectivity index (χ1v) is 11.8. The Morgan fingerprint density at radius 2 is 1.76 bits per heavy atom. The number of likely N-dealkylation sites (tertiary alicyclic amines) is 1. The van der Waals surface area contributed by atoms with Crippen LogP contribution in [0.5, 0.6) is 0 Å². The zero-order chi connectivity index (χ0) is 24.8. The maximum Gasteiger partial charge on any atom is 0.410 e. The highest BCUT2D eigenvalue weighted by Gasteiger charge is 2.39. The Morgan fingerprint density at radius 3 is 2.27 bits per heavy atom. The van der Waals surface area contributed by atoms with Gasteiger partial charge in [-0.15, -0.1) is 0 Å². The van der Waals surface area contributed by atoms with E-state index in [0.717, 1.165) is 18.4 Å². The number of rotatable bonds is 9. The third kappa shape index (κ3) is 7.45. The molecule has 1 aliphatic rings. The molecule has 2 atom stereocenters. The second-order valence-electron chi connectivity index (χ2n) is 9.69. The summed E-state index contributed by atoms with van der Waals surface area (Å²) in [5, 5.41) is 13.3. The van der Waals surface area contributed by atoms with Gasteiger partial charge in [-0.25, -0.2) is 4.79 Å². The molecule has 2 N–H and O–H groups in total. The quantitative estimate of drug-likeness (QED) is 0.588. The number of aryl methyl sites for hydroxylation is 1. The van der Waals surface area contributed by atoms with Crippen molar-refractivity contribution in [2.75, 3.05) is 26.2 Å². The lowest BCUT2D eigenvalue weighted by Gasteiger charge is -2.43. The fourth-order valence-electron chi connectivity index (χ4n) is 3.86. The van der Waals surface area contributed by atoms with Gasteiger partial charge in [-0.1, -0.05) is 13.8 Å². The van der Waals surface area contributed by atoms with Crippen LogP contribution in [0.2, 0.25) is 0 Å². The Balaban J connectivity index is 2.01. The number of carbonyl (C=O) groups excluding carboxylic acids is 3. The number of carbonyl (C=O) groups is 3. The van der Waals surface area contributed by atoms with E-state index in [2.05, 4.69) is 5.32 Å². The molecule has 2 rings (SSSR count). The SMILES string of the molecule is CCCN(CCC)C(=O)c1cc(C)cc(C(=O)NC[C@H](O)[C@H]2CCN2C(=O)OC(C)(C)C)c1. The van der Waals surface area contributed by atoms with Gasteiger partial charge in [-0.05, 0) is 70.7 Å². The van der Waals surface area contributed by atoms with Crippen LogP contribution in [0.3, 0.4) is 0 Å². The summed E-state index contributed by atoms with van der Waals surface area (Å²) in [4.78, 5) is 41.3. The predicted octanol–water partition coefficient (Wildman–Crippen LogP) is 3.36. The largest absolute Gasteiger partial charge is 0.444 e. The number of nitrogens with zero attached hydrogens (tertiary/aromatic N) is 2. The molecule has 0 aliphatic carbocycles. The zero-order valence-corrected chi connectivity index (χ0v) is 20.8. The van der Waals surface area contributed by atoms with Gasteiger partial charge in [0.1, 0.15) is 5.60 Å². The van der Waals surface area contributed by atoms with Gasteiger partial charge in [0.15, 0.2) is 0 Å². The maximum absolute atomic E-state index is 13.0. The number of aliphatic hydroxyl groups excluding tert-OH is 1. The molecule has 0 aromatic heterocycles. The van der Waals surface area contributed by atoms with Crippen LogP contribution in [0.25, 0.3) is 0 Å². The first-order chi connectivity index (χ1) is 15.5. The monoisotopic (exact) mass is 461 g/mol. The molecule has 1 heterocycles. The highest BCUT2D eigenvalue weighted by molar-refractivity contribution is 6.00. The molecule has 0 unspecified atom stereocenters. The van der Waals surface area contributed by atoms with Gasteiger partial charge in [0.2, 0.25) is 0 Å².